The van der Waals surface area contributed by atoms with Crippen molar-refractivity contribution in [1.82, 2.24) is 0 Å². The molecule has 0 aromatic heterocycles. The van der Waals surface area contributed by atoms with E-state index >= 15 is 0 Å². The van der Waals surface area contributed by atoms with Crippen LogP contribution in [0.15, 0.2) is 38.0 Å². The van der Waals surface area contributed by atoms with Gasteiger partial charge in [0.25, 0.3) is 0 Å². The van der Waals surface area contributed by atoms with Crippen LogP contribution in [0.1, 0.15) is 25.7 Å². The van der Waals surface area contributed by atoms with E-state index in [0.29, 0.717) is 52.3 Å². The highest BCUT2D eigenvalue weighted by Gasteiger charge is 2.32. The van der Waals surface area contributed by atoms with Gasteiger partial charge in [0.1, 0.15) is 0 Å². The Kier molecular flexibility index (Phi) is 22.2. The zero-order valence-corrected chi connectivity index (χ0v) is 21.7. The summed E-state index contributed by atoms with van der Waals surface area (Å²) in [7, 11) is 0. The third kappa shape index (κ3) is 21.2. The molecular formula is C26H42O11. The summed E-state index contributed by atoms with van der Waals surface area (Å²) in [6.07, 6.45) is 5.36. The van der Waals surface area contributed by atoms with Gasteiger partial charge in [-0.05, 0) is 6.42 Å². The van der Waals surface area contributed by atoms with Crippen LogP contribution in [0.25, 0.3) is 0 Å². The van der Waals surface area contributed by atoms with Crippen LogP contribution >= 0.6 is 0 Å². The summed E-state index contributed by atoms with van der Waals surface area (Å²) in [5, 5.41) is 8.91. The van der Waals surface area contributed by atoms with Gasteiger partial charge in [-0.25, -0.2) is 9.59 Å². The number of rotatable bonds is 27. The number of aliphatic carboxylic acids is 1. The second-order valence-corrected chi connectivity index (χ2v) is 8.02. The summed E-state index contributed by atoms with van der Waals surface area (Å²) in [5.74, 6) is -1.96. The van der Waals surface area contributed by atoms with Gasteiger partial charge < -0.3 is 38.3 Å². The Balaban J connectivity index is 4.94. The van der Waals surface area contributed by atoms with Crippen molar-refractivity contribution >= 4 is 17.9 Å². The molecule has 0 saturated heterocycles. The molecule has 0 aliphatic carbocycles. The van der Waals surface area contributed by atoms with E-state index in [1.165, 1.54) is 0 Å². The first kappa shape index (κ1) is 34.4. The lowest BCUT2D eigenvalue weighted by atomic mass is 9.92. The quantitative estimate of drug-likeness (QED) is 0.0725. The van der Waals surface area contributed by atoms with Crippen molar-refractivity contribution in [3.05, 3.63) is 38.0 Å². The van der Waals surface area contributed by atoms with Crippen LogP contribution in [0.4, 0.5) is 0 Å². The van der Waals surface area contributed by atoms with E-state index in [1.54, 1.807) is 6.08 Å². The summed E-state index contributed by atoms with van der Waals surface area (Å²) >= 11 is 0. The van der Waals surface area contributed by atoms with Crippen molar-refractivity contribution in [3.8, 4) is 0 Å². The van der Waals surface area contributed by atoms with Crippen molar-refractivity contribution in [2.75, 3.05) is 79.3 Å². The Bertz CT molecular complexity index is 631. The summed E-state index contributed by atoms with van der Waals surface area (Å²) in [6, 6.07) is 0. The smallest absolute Gasteiger partial charge is 0.330 e. The zero-order valence-electron chi connectivity index (χ0n) is 21.7. The molecule has 0 aliphatic heterocycles. The van der Waals surface area contributed by atoms with E-state index in [-0.39, 0.29) is 52.7 Å². The number of ether oxygens (including phenoxy) is 7. The van der Waals surface area contributed by atoms with Gasteiger partial charge in [-0.15, -0.1) is 6.58 Å². The molecule has 0 amide bonds. The van der Waals surface area contributed by atoms with Gasteiger partial charge in [0.2, 0.25) is 0 Å². The SMILES string of the molecule is C=CCOCCCOCC(COCCCOC(=O)C=C)(COCCCOC(=O)C=C)COCCC(=O)O. The van der Waals surface area contributed by atoms with Crippen molar-refractivity contribution in [1.29, 1.82) is 0 Å². The highest BCUT2D eigenvalue weighted by molar-refractivity contribution is 5.81. The topological polar surface area (TPSA) is 136 Å². The molecule has 0 heterocycles. The Morgan fingerprint density at radius 3 is 1.43 bits per heavy atom. The van der Waals surface area contributed by atoms with Crippen LogP contribution in [0.2, 0.25) is 0 Å². The van der Waals surface area contributed by atoms with E-state index in [0.717, 1.165) is 12.2 Å². The van der Waals surface area contributed by atoms with Gasteiger partial charge in [0.15, 0.2) is 0 Å². The number of carbonyl (C=O) groups excluding carboxylic acids is 2. The average molecular weight is 531 g/mol. The molecule has 0 saturated carbocycles. The number of esters is 2. The van der Waals surface area contributed by atoms with E-state index in [1.807, 2.05) is 0 Å². The molecule has 1 N–H and O–H groups in total. The van der Waals surface area contributed by atoms with Gasteiger partial charge in [-0.3, -0.25) is 4.79 Å². The van der Waals surface area contributed by atoms with E-state index in [9.17, 15) is 14.4 Å². The highest BCUT2D eigenvalue weighted by atomic mass is 16.5. The van der Waals surface area contributed by atoms with Crippen LogP contribution < -0.4 is 0 Å². The molecule has 0 aromatic carbocycles. The van der Waals surface area contributed by atoms with Crippen LogP contribution in [0.5, 0.6) is 0 Å². The van der Waals surface area contributed by atoms with E-state index < -0.39 is 23.3 Å². The highest BCUT2D eigenvalue weighted by Crippen LogP contribution is 2.21. The fraction of sp³-hybridized carbons (Fsp3) is 0.654. The predicted octanol–water partition coefficient (Wildman–Crippen LogP) is 2.35. The molecule has 11 heteroatoms. The molecule has 11 nitrogen and oxygen atoms in total. The molecule has 0 bridgehead atoms. The van der Waals surface area contributed by atoms with Crippen LogP contribution in [0.3, 0.4) is 0 Å². The molecule has 212 valence electrons. The molecule has 0 aromatic rings. The number of hydrogen-bond donors (Lipinski definition) is 1. The monoisotopic (exact) mass is 530 g/mol. The van der Waals surface area contributed by atoms with Crippen molar-refractivity contribution in [2.24, 2.45) is 5.41 Å². The van der Waals surface area contributed by atoms with Crippen LogP contribution in [0, 0.1) is 5.41 Å². The fourth-order valence-corrected chi connectivity index (χ4v) is 2.78. The lowest BCUT2D eigenvalue weighted by molar-refractivity contribution is -0.140. The maximum absolute atomic E-state index is 11.2. The maximum atomic E-state index is 11.2. The van der Waals surface area contributed by atoms with Gasteiger partial charge >= 0.3 is 17.9 Å². The Labute approximate surface area is 219 Å². The first-order valence-corrected chi connectivity index (χ1v) is 12.2. The minimum absolute atomic E-state index is 0.0293. The molecule has 37 heavy (non-hydrogen) atoms. The lowest BCUT2D eigenvalue weighted by Crippen LogP contribution is -2.42. The number of hydrogen-bond acceptors (Lipinski definition) is 10. The van der Waals surface area contributed by atoms with Crippen LogP contribution in [-0.4, -0.2) is 102 Å². The predicted molar refractivity (Wildman–Crippen MR) is 135 cm³/mol. The van der Waals surface area contributed by atoms with Gasteiger partial charge in [-0.2, -0.15) is 0 Å². The van der Waals surface area contributed by atoms with Crippen molar-refractivity contribution in [2.45, 2.75) is 25.7 Å². The molecule has 0 aliphatic rings. The molecule has 0 rings (SSSR count). The Morgan fingerprint density at radius 2 is 1.03 bits per heavy atom. The lowest BCUT2D eigenvalue weighted by Gasteiger charge is -2.33. The summed E-state index contributed by atoms with van der Waals surface area (Å²) in [6.45, 7) is 13.5. The third-order valence-electron chi connectivity index (χ3n) is 4.59. The first-order valence-electron chi connectivity index (χ1n) is 12.2. The van der Waals surface area contributed by atoms with Gasteiger partial charge in [0, 0.05) is 51.4 Å². The molecular weight excluding hydrogens is 488 g/mol. The zero-order chi connectivity index (χ0) is 27.6. The minimum Gasteiger partial charge on any atom is -0.481 e. The average Bonchev–Trinajstić information content (AvgIpc) is 2.89. The molecule has 0 spiro atoms. The summed E-state index contributed by atoms with van der Waals surface area (Å²) in [5.41, 5.74) is -0.726. The van der Waals surface area contributed by atoms with Crippen LogP contribution in [-0.2, 0) is 47.5 Å². The largest absolute Gasteiger partial charge is 0.481 e. The summed E-state index contributed by atoms with van der Waals surface area (Å²) < 4.78 is 38.5. The van der Waals surface area contributed by atoms with E-state index in [2.05, 4.69) is 19.7 Å². The third-order valence-corrected chi connectivity index (χ3v) is 4.59. The molecule has 0 fully saturated rings. The molecule has 0 atom stereocenters. The normalized spacial score (nSPS) is 11.0. The van der Waals surface area contributed by atoms with Gasteiger partial charge in [-0.1, -0.05) is 19.2 Å². The molecule has 0 radical (unpaired) electrons. The number of carboxylic acid groups (broad SMARTS) is 1. The Morgan fingerprint density at radius 1 is 0.622 bits per heavy atom. The first-order chi connectivity index (χ1) is 17.9. The number of carbonyl (C=O) groups is 3. The minimum atomic E-state index is -0.961. The van der Waals surface area contributed by atoms with Crippen molar-refractivity contribution < 1.29 is 52.6 Å². The Hall–Kier alpha value is -2.57. The van der Waals surface area contributed by atoms with Gasteiger partial charge in [0.05, 0.1) is 64.7 Å². The second-order valence-electron chi connectivity index (χ2n) is 8.02. The summed E-state index contributed by atoms with van der Waals surface area (Å²) in [4.78, 5) is 33.2. The molecule has 0 unspecified atom stereocenters. The maximum Gasteiger partial charge on any atom is 0.330 e. The fourth-order valence-electron chi connectivity index (χ4n) is 2.78. The number of carboxylic acids is 1. The second kappa shape index (κ2) is 23.8. The van der Waals surface area contributed by atoms with Crippen molar-refractivity contribution in [3.63, 3.8) is 0 Å². The standard InChI is InChI=1S/C26H42O11/c1-4-11-31-12-7-13-32-19-26(22-35-18-10-23(27)28,20-33-14-8-16-36-24(29)5-2)21-34-15-9-17-37-25(30)6-3/h4-6H,1-3,7-22H2,(H,27,28). The van der Waals surface area contributed by atoms with E-state index in [4.69, 9.17) is 38.3 Å².